The molecule has 2 atom stereocenters. The normalized spacial score (nSPS) is 18.5. The molecular weight excluding hydrogens is 466 g/mol. The molecule has 3 rings (SSSR count). The summed E-state index contributed by atoms with van der Waals surface area (Å²) in [6, 6.07) is 0.984. The van der Waals surface area contributed by atoms with Crippen molar-refractivity contribution in [3.63, 3.8) is 0 Å². The molecule has 33 heavy (non-hydrogen) atoms. The molecule has 0 aliphatic carbocycles. The van der Waals surface area contributed by atoms with Crippen molar-refractivity contribution in [2.45, 2.75) is 32.5 Å². The number of fused-ring (bicyclic) bond motifs is 1. The van der Waals surface area contributed by atoms with Gasteiger partial charge in [0.2, 0.25) is 5.43 Å². The fourth-order valence-corrected chi connectivity index (χ4v) is 3.33. The lowest BCUT2D eigenvalue weighted by atomic mass is 10.1. The summed E-state index contributed by atoms with van der Waals surface area (Å²) in [5, 5.41) is 9.18. The number of carboxylic acids is 1. The highest BCUT2D eigenvalue weighted by molar-refractivity contribution is 7.85. The molecule has 1 aliphatic heterocycles. The number of hydrogen-bond donors (Lipinski definition) is 3. The van der Waals surface area contributed by atoms with Crippen LogP contribution in [-0.2, 0) is 15.7 Å². The summed E-state index contributed by atoms with van der Waals surface area (Å²) >= 11 is 0. The van der Waals surface area contributed by atoms with E-state index in [1.807, 2.05) is 20.8 Å². The van der Waals surface area contributed by atoms with Crippen LogP contribution in [0, 0.1) is 11.7 Å². The first-order chi connectivity index (χ1) is 14.5. The van der Waals surface area contributed by atoms with Crippen molar-refractivity contribution < 1.29 is 37.1 Å². The maximum Gasteiger partial charge on any atom is 0.341 e. The van der Waals surface area contributed by atoms with Gasteiger partial charge in [-0.2, -0.15) is 8.42 Å². The fourth-order valence-electron chi connectivity index (χ4n) is 3.33. The summed E-state index contributed by atoms with van der Waals surface area (Å²) in [7, 11) is -3.67. The predicted octanol–water partition coefficient (Wildman–Crippen LogP) is 0.401. The minimum Gasteiger partial charge on any atom is -0.477 e. The zero-order chi connectivity index (χ0) is 24.6. The molecule has 0 spiro atoms. The highest BCUT2D eigenvalue weighted by Crippen LogP contribution is 2.29. The summed E-state index contributed by atoms with van der Waals surface area (Å²) < 4.78 is 56.2. The van der Waals surface area contributed by atoms with Crippen molar-refractivity contribution in [1.29, 1.82) is 0 Å². The Balaban J connectivity index is 0.000000821. The van der Waals surface area contributed by atoms with Gasteiger partial charge < -0.3 is 25.8 Å². The van der Waals surface area contributed by atoms with Gasteiger partial charge in [0.1, 0.15) is 17.4 Å². The number of rotatable bonds is 3. The zero-order valence-corrected chi connectivity index (χ0v) is 19.4. The molecule has 2 aromatic heterocycles. The van der Waals surface area contributed by atoms with E-state index in [9.17, 15) is 31.9 Å². The molecule has 186 valence electrons. The Morgan fingerprint density at radius 2 is 1.88 bits per heavy atom. The number of carbonyl (C=O) groups is 1. The van der Waals surface area contributed by atoms with Gasteiger partial charge >= 0.3 is 5.97 Å². The molecule has 1 fully saturated rings. The van der Waals surface area contributed by atoms with Crippen LogP contribution in [0.1, 0.15) is 31.1 Å². The number of nitrogens with zero attached hydrogens (tertiary/aromatic N) is 3. The molecule has 1 saturated heterocycles. The van der Waals surface area contributed by atoms with Crippen molar-refractivity contribution in [3.05, 3.63) is 33.9 Å². The summed E-state index contributed by atoms with van der Waals surface area (Å²) in [4.78, 5) is 29.7. The Bertz CT molecular complexity index is 1190. The third kappa shape index (κ3) is 6.66. The van der Waals surface area contributed by atoms with Crippen molar-refractivity contribution in [2.75, 3.05) is 30.8 Å². The Labute approximate surface area is 188 Å². The lowest BCUT2D eigenvalue weighted by molar-refractivity contribution is 0.0694. The van der Waals surface area contributed by atoms with E-state index < -0.39 is 50.5 Å². The number of hydrogen-bond acceptors (Lipinski definition) is 7. The second-order valence-electron chi connectivity index (χ2n) is 8.53. The number of pyridine rings is 2. The summed E-state index contributed by atoms with van der Waals surface area (Å²) in [6.07, 6.45) is 0.741. The Morgan fingerprint density at radius 3 is 2.30 bits per heavy atom. The Kier molecular flexibility index (Phi) is 8.65. The average Bonchev–Trinajstić information content (AvgIpc) is 2.99. The molecule has 0 bridgehead atoms. The standard InChI is InChI=1S/C18H22F2N4O3.CH4O3S.H2O/c1-18(2,3)24-7-11(17(26)27)14(25)10-4-12(19)16(22-15(10)24)23-6-9(5-21)13(20)8-23;1-5(2,3)4;/h4,7,9,13H,5-6,8,21H2,1-3H3,(H,26,27);1H3,(H,2,3,4);1H2/t9-,13-;;/m1../s1. The second kappa shape index (κ2) is 10.1. The number of nitrogens with two attached hydrogens (primary N) is 1. The van der Waals surface area contributed by atoms with E-state index in [0.717, 1.165) is 6.07 Å². The van der Waals surface area contributed by atoms with E-state index in [-0.39, 0.29) is 42.0 Å². The molecule has 0 saturated carbocycles. The number of alkyl halides is 1. The number of carboxylic acid groups (broad SMARTS) is 1. The van der Waals surface area contributed by atoms with Gasteiger partial charge in [0.15, 0.2) is 11.6 Å². The average molecular weight is 495 g/mol. The maximum atomic E-state index is 14.7. The highest BCUT2D eigenvalue weighted by Gasteiger charge is 2.34. The Hall–Kier alpha value is -2.68. The third-order valence-electron chi connectivity index (χ3n) is 4.83. The summed E-state index contributed by atoms with van der Waals surface area (Å²) in [5.74, 6) is -2.68. The van der Waals surface area contributed by atoms with E-state index >= 15 is 0 Å². The maximum absolute atomic E-state index is 14.7. The van der Waals surface area contributed by atoms with E-state index in [4.69, 9.17) is 10.3 Å². The van der Waals surface area contributed by atoms with Gasteiger partial charge in [-0.15, -0.1) is 0 Å². The predicted molar refractivity (Wildman–Crippen MR) is 119 cm³/mol. The minimum absolute atomic E-state index is 0. The first-order valence-corrected chi connectivity index (χ1v) is 11.4. The SMILES string of the molecule is CC(C)(C)n1cc(C(=O)O)c(=O)c2cc(F)c(N3C[C@@H](CN)[C@H](F)C3)nc21.CS(=O)(=O)O.O. The molecule has 14 heteroatoms. The van der Waals surface area contributed by atoms with E-state index in [1.165, 1.54) is 15.7 Å². The van der Waals surface area contributed by atoms with Crippen LogP contribution in [0.2, 0.25) is 0 Å². The van der Waals surface area contributed by atoms with Crippen molar-refractivity contribution >= 4 is 32.9 Å². The third-order valence-corrected chi connectivity index (χ3v) is 4.83. The lowest BCUT2D eigenvalue weighted by Gasteiger charge is -2.26. The van der Waals surface area contributed by atoms with Crippen molar-refractivity contribution in [2.24, 2.45) is 11.7 Å². The van der Waals surface area contributed by atoms with E-state index in [0.29, 0.717) is 6.26 Å². The molecule has 3 heterocycles. The molecule has 1 aliphatic rings. The van der Waals surface area contributed by atoms with Gasteiger partial charge in [0.05, 0.1) is 18.2 Å². The molecule has 0 radical (unpaired) electrons. The van der Waals surface area contributed by atoms with Crippen LogP contribution in [0.5, 0.6) is 0 Å². The molecule has 0 unspecified atom stereocenters. The van der Waals surface area contributed by atoms with Crippen LogP contribution in [0.4, 0.5) is 14.6 Å². The van der Waals surface area contributed by atoms with Gasteiger partial charge in [-0.3, -0.25) is 9.35 Å². The second-order valence-corrected chi connectivity index (χ2v) is 10.00. The summed E-state index contributed by atoms with van der Waals surface area (Å²) in [6.45, 7) is 5.76. The topological polar surface area (TPSA) is 187 Å². The van der Waals surface area contributed by atoms with Crippen molar-refractivity contribution in [3.8, 4) is 0 Å². The molecule has 6 N–H and O–H groups in total. The molecule has 2 aromatic rings. The van der Waals surface area contributed by atoms with Gasteiger partial charge in [0, 0.05) is 24.2 Å². The van der Waals surface area contributed by atoms with Crippen LogP contribution in [0.15, 0.2) is 17.1 Å². The monoisotopic (exact) mass is 494 g/mol. The number of anilines is 1. The van der Waals surface area contributed by atoms with Crippen molar-refractivity contribution in [1.82, 2.24) is 9.55 Å². The first-order valence-electron chi connectivity index (χ1n) is 9.55. The van der Waals surface area contributed by atoms with Gasteiger partial charge in [-0.25, -0.2) is 18.6 Å². The molecule has 11 nitrogen and oxygen atoms in total. The highest BCUT2D eigenvalue weighted by atomic mass is 32.2. The number of aromatic carboxylic acids is 1. The van der Waals surface area contributed by atoms with Gasteiger partial charge in [-0.1, -0.05) is 0 Å². The van der Waals surface area contributed by atoms with Crippen LogP contribution < -0.4 is 16.1 Å². The first kappa shape index (κ1) is 28.4. The lowest BCUT2D eigenvalue weighted by Crippen LogP contribution is -2.30. The van der Waals surface area contributed by atoms with Crippen LogP contribution in [-0.4, -0.2) is 71.1 Å². The Morgan fingerprint density at radius 1 is 1.33 bits per heavy atom. The molecule has 0 aromatic carbocycles. The van der Waals surface area contributed by atoms with Gasteiger partial charge in [-0.05, 0) is 33.4 Å². The van der Waals surface area contributed by atoms with Crippen LogP contribution in [0.3, 0.4) is 0 Å². The number of halogens is 2. The van der Waals surface area contributed by atoms with E-state index in [1.54, 1.807) is 0 Å². The smallest absolute Gasteiger partial charge is 0.341 e. The minimum atomic E-state index is -3.67. The quantitative estimate of drug-likeness (QED) is 0.507. The largest absolute Gasteiger partial charge is 0.477 e. The van der Waals surface area contributed by atoms with E-state index in [2.05, 4.69) is 4.98 Å². The molecular formula is C19H28F2N4O7S. The van der Waals surface area contributed by atoms with Gasteiger partial charge in [0.25, 0.3) is 10.1 Å². The van der Waals surface area contributed by atoms with Crippen LogP contribution >= 0.6 is 0 Å². The zero-order valence-electron chi connectivity index (χ0n) is 18.5. The fraction of sp³-hybridized carbons (Fsp3) is 0.526. The number of aromatic nitrogens is 2. The summed E-state index contributed by atoms with van der Waals surface area (Å²) in [5.41, 5.74) is 3.83. The van der Waals surface area contributed by atoms with Crippen LogP contribution in [0.25, 0.3) is 11.0 Å². The molecule has 0 amide bonds.